The highest BCUT2D eigenvalue weighted by atomic mass is 32.2. The Bertz CT molecular complexity index is 206. The Hall–Kier alpha value is 0.110. The largest absolute Gasteiger partial charge is 0.314 e. The van der Waals surface area contributed by atoms with E-state index in [1.807, 2.05) is 13.8 Å². The predicted molar refractivity (Wildman–Crippen MR) is 67.6 cm³/mol. The van der Waals surface area contributed by atoms with E-state index < -0.39 is 10.8 Å². The summed E-state index contributed by atoms with van der Waals surface area (Å²) in [6, 6.07) is 0.694. The second-order valence-corrected chi connectivity index (χ2v) is 6.89. The number of nitrogens with one attached hydrogen (secondary N) is 1. The summed E-state index contributed by atoms with van der Waals surface area (Å²) < 4.78 is 11.7. The standard InChI is InChI=1S/C12H25NOS/c1-4-13-12-7-5-6-11(12)8-9-15(14)10(2)3/h10-13H,4-9H2,1-3H3. The van der Waals surface area contributed by atoms with Gasteiger partial charge in [0.2, 0.25) is 0 Å². The van der Waals surface area contributed by atoms with Gasteiger partial charge in [0.1, 0.15) is 0 Å². The van der Waals surface area contributed by atoms with Crippen molar-refractivity contribution in [2.45, 2.75) is 57.7 Å². The second-order valence-electron chi connectivity index (χ2n) is 4.78. The average molecular weight is 231 g/mol. The first kappa shape index (κ1) is 13.2. The molecular formula is C12H25NOS. The Morgan fingerprint density at radius 3 is 2.73 bits per heavy atom. The monoisotopic (exact) mass is 231 g/mol. The van der Waals surface area contributed by atoms with Crippen LogP contribution in [0.2, 0.25) is 0 Å². The van der Waals surface area contributed by atoms with Gasteiger partial charge in [0.25, 0.3) is 0 Å². The van der Waals surface area contributed by atoms with Crippen molar-refractivity contribution in [3.05, 3.63) is 0 Å². The molecule has 0 spiro atoms. The zero-order valence-corrected chi connectivity index (χ0v) is 11.1. The third-order valence-electron chi connectivity index (χ3n) is 3.34. The normalized spacial score (nSPS) is 28.5. The lowest BCUT2D eigenvalue weighted by Gasteiger charge is -2.20. The van der Waals surface area contributed by atoms with E-state index in [4.69, 9.17) is 0 Å². The Labute approximate surface area is 96.7 Å². The molecule has 1 N–H and O–H groups in total. The summed E-state index contributed by atoms with van der Waals surface area (Å²) in [6.07, 6.45) is 5.12. The minimum Gasteiger partial charge on any atom is -0.314 e. The molecule has 0 amide bonds. The molecule has 0 saturated heterocycles. The van der Waals surface area contributed by atoms with Crippen molar-refractivity contribution in [2.24, 2.45) is 5.92 Å². The van der Waals surface area contributed by atoms with Gasteiger partial charge in [-0.1, -0.05) is 27.2 Å². The number of hydrogen-bond donors (Lipinski definition) is 1. The van der Waals surface area contributed by atoms with Crippen molar-refractivity contribution in [1.82, 2.24) is 5.32 Å². The lowest BCUT2D eigenvalue weighted by molar-refractivity contribution is 0.399. The lowest BCUT2D eigenvalue weighted by Crippen LogP contribution is -2.33. The molecule has 0 aromatic carbocycles. The van der Waals surface area contributed by atoms with Crippen molar-refractivity contribution in [2.75, 3.05) is 12.3 Å². The Morgan fingerprint density at radius 1 is 1.40 bits per heavy atom. The van der Waals surface area contributed by atoms with Gasteiger partial charge < -0.3 is 5.32 Å². The quantitative estimate of drug-likeness (QED) is 0.760. The molecule has 0 aliphatic heterocycles. The van der Waals surface area contributed by atoms with E-state index in [2.05, 4.69) is 12.2 Å². The Kier molecular flexibility index (Phi) is 5.83. The molecule has 3 atom stereocenters. The first-order valence-corrected chi connectivity index (χ1v) is 7.64. The summed E-state index contributed by atoms with van der Waals surface area (Å²) >= 11 is 0. The van der Waals surface area contributed by atoms with Crippen LogP contribution in [-0.2, 0) is 10.8 Å². The fraction of sp³-hybridized carbons (Fsp3) is 1.00. The zero-order chi connectivity index (χ0) is 11.3. The third-order valence-corrected chi connectivity index (χ3v) is 5.03. The summed E-state index contributed by atoms with van der Waals surface area (Å²) in [7, 11) is -0.614. The van der Waals surface area contributed by atoms with E-state index in [0.29, 0.717) is 11.3 Å². The second kappa shape index (κ2) is 6.64. The number of hydrogen-bond acceptors (Lipinski definition) is 2. The van der Waals surface area contributed by atoms with Crippen molar-refractivity contribution in [3.63, 3.8) is 0 Å². The van der Waals surface area contributed by atoms with Gasteiger partial charge >= 0.3 is 0 Å². The molecule has 1 fully saturated rings. The molecular weight excluding hydrogens is 206 g/mol. The molecule has 0 radical (unpaired) electrons. The van der Waals surface area contributed by atoms with Crippen LogP contribution in [0.1, 0.15) is 46.5 Å². The molecule has 1 rings (SSSR count). The summed E-state index contributed by atoms with van der Waals surface area (Å²) in [6.45, 7) is 7.33. The maximum atomic E-state index is 11.7. The van der Waals surface area contributed by atoms with Crippen LogP contribution in [0.15, 0.2) is 0 Å². The van der Waals surface area contributed by atoms with Crippen LogP contribution in [0, 0.1) is 5.92 Å². The molecule has 3 heteroatoms. The molecule has 1 saturated carbocycles. The Balaban J connectivity index is 2.28. The van der Waals surface area contributed by atoms with Gasteiger partial charge in [0, 0.05) is 27.8 Å². The van der Waals surface area contributed by atoms with Crippen LogP contribution in [-0.4, -0.2) is 27.8 Å². The molecule has 0 aromatic heterocycles. The van der Waals surface area contributed by atoms with Gasteiger partial charge in [-0.05, 0) is 31.7 Å². The smallest absolute Gasteiger partial charge is 0.0291 e. The maximum absolute atomic E-state index is 11.7. The molecule has 15 heavy (non-hydrogen) atoms. The van der Waals surface area contributed by atoms with Gasteiger partial charge in [-0.3, -0.25) is 4.21 Å². The van der Waals surface area contributed by atoms with Gasteiger partial charge in [-0.25, -0.2) is 0 Å². The minimum absolute atomic E-state index is 0.323. The molecule has 3 unspecified atom stereocenters. The molecule has 1 aliphatic carbocycles. The highest BCUT2D eigenvalue weighted by molar-refractivity contribution is 7.85. The highest BCUT2D eigenvalue weighted by Gasteiger charge is 2.26. The fourth-order valence-corrected chi connectivity index (χ4v) is 3.42. The van der Waals surface area contributed by atoms with Crippen LogP contribution in [0.25, 0.3) is 0 Å². The SMILES string of the molecule is CCNC1CCCC1CCS(=O)C(C)C. The Morgan fingerprint density at radius 2 is 2.13 bits per heavy atom. The van der Waals surface area contributed by atoms with Gasteiger partial charge in [0.05, 0.1) is 0 Å². The molecule has 2 nitrogen and oxygen atoms in total. The third kappa shape index (κ3) is 4.23. The van der Waals surface area contributed by atoms with E-state index >= 15 is 0 Å². The summed E-state index contributed by atoms with van der Waals surface area (Å²) in [5.41, 5.74) is 0. The van der Waals surface area contributed by atoms with Crippen molar-refractivity contribution >= 4 is 10.8 Å². The number of rotatable bonds is 6. The lowest BCUT2D eigenvalue weighted by atomic mass is 10.0. The summed E-state index contributed by atoms with van der Waals surface area (Å²) in [4.78, 5) is 0. The molecule has 0 aromatic rings. The van der Waals surface area contributed by atoms with Gasteiger partial charge in [-0.15, -0.1) is 0 Å². The van der Waals surface area contributed by atoms with E-state index in [-0.39, 0.29) is 0 Å². The van der Waals surface area contributed by atoms with E-state index in [9.17, 15) is 4.21 Å². The van der Waals surface area contributed by atoms with Crippen molar-refractivity contribution in [3.8, 4) is 0 Å². The average Bonchev–Trinajstić information content (AvgIpc) is 2.62. The fourth-order valence-electron chi connectivity index (χ4n) is 2.42. The van der Waals surface area contributed by atoms with Crippen LogP contribution < -0.4 is 5.32 Å². The van der Waals surface area contributed by atoms with Gasteiger partial charge in [-0.2, -0.15) is 0 Å². The van der Waals surface area contributed by atoms with Crippen LogP contribution >= 0.6 is 0 Å². The van der Waals surface area contributed by atoms with E-state index in [1.165, 1.54) is 19.3 Å². The van der Waals surface area contributed by atoms with Crippen LogP contribution in [0.3, 0.4) is 0 Å². The first-order chi connectivity index (χ1) is 7.15. The molecule has 0 bridgehead atoms. The topological polar surface area (TPSA) is 29.1 Å². The van der Waals surface area contributed by atoms with E-state index in [0.717, 1.165) is 24.6 Å². The maximum Gasteiger partial charge on any atom is 0.0291 e. The van der Waals surface area contributed by atoms with Crippen LogP contribution in [0.4, 0.5) is 0 Å². The molecule has 1 aliphatic rings. The summed E-state index contributed by atoms with van der Waals surface area (Å²) in [5.74, 6) is 1.66. The van der Waals surface area contributed by atoms with E-state index in [1.54, 1.807) is 0 Å². The highest BCUT2D eigenvalue weighted by Crippen LogP contribution is 2.28. The molecule has 90 valence electrons. The summed E-state index contributed by atoms with van der Waals surface area (Å²) in [5, 5.41) is 3.87. The van der Waals surface area contributed by atoms with Crippen molar-refractivity contribution < 1.29 is 4.21 Å². The molecule has 0 heterocycles. The van der Waals surface area contributed by atoms with Gasteiger partial charge in [0.15, 0.2) is 0 Å². The predicted octanol–water partition coefficient (Wildman–Crippen LogP) is 2.31. The van der Waals surface area contributed by atoms with Crippen LogP contribution in [0.5, 0.6) is 0 Å². The first-order valence-electron chi connectivity index (χ1n) is 6.25. The van der Waals surface area contributed by atoms with Crippen molar-refractivity contribution in [1.29, 1.82) is 0 Å². The zero-order valence-electron chi connectivity index (χ0n) is 10.3. The minimum atomic E-state index is -0.614.